The summed E-state index contributed by atoms with van der Waals surface area (Å²) in [6.45, 7) is 5.84. The Hall–Kier alpha value is -0.730. The number of hydrogen-bond acceptors (Lipinski definition) is 2. The lowest BCUT2D eigenvalue weighted by Crippen LogP contribution is -2.48. The van der Waals surface area contributed by atoms with Gasteiger partial charge in [-0.15, -0.1) is 0 Å². The molecule has 0 N–H and O–H groups in total. The van der Waals surface area contributed by atoms with Crippen molar-refractivity contribution in [3.05, 3.63) is 29.8 Å². The van der Waals surface area contributed by atoms with Gasteiger partial charge in [0.25, 0.3) is 0 Å². The van der Waals surface area contributed by atoms with Gasteiger partial charge in [0.05, 0.1) is 0 Å². The second kappa shape index (κ2) is 4.64. The van der Waals surface area contributed by atoms with Gasteiger partial charge in [-0.05, 0) is 5.46 Å². The van der Waals surface area contributed by atoms with Crippen molar-refractivity contribution in [1.82, 2.24) is 0 Å². The Morgan fingerprint density at radius 2 is 1.88 bits per heavy atom. The van der Waals surface area contributed by atoms with Crippen LogP contribution in [0.15, 0.2) is 24.3 Å². The minimum absolute atomic E-state index is 0.137. The Morgan fingerprint density at radius 1 is 1.25 bits per heavy atom. The smallest absolute Gasteiger partial charge is 0.407 e. The Labute approximate surface area is 98.9 Å². The molecule has 1 fully saturated rings. The molecule has 0 bridgehead atoms. The first kappa shape index (κ1) is 11.7. The molecule has 0 unspecified atom stereocenters. The monoisotopic (exact) mass is 216 g/mol. The molecule has 1 aliphatic rings. The molecule has 0 radical (unpaired) electrons. The van der Waals surface area contributed by atoms with Crippen LogP contribution < -0.4 is 5.46 Å². The molecule has 84 valence electrons. The predicted octanol–water partition coefficient (Wildman–Crippen LogP) is 0.588. The topological polar surface area (TPSA) is 18.5 Å². The molecule has 2 nitrogen and oxygen atoms in total. The SMILES string of the molecule is BCc1ccccc1B1OCC(C)(C)CO1. The second-order valence-electron chi connectivity index (χ2n) is 5.17. The van der Waals surface area contributed by atoms with Crippen molar-refractivity contribution in [2.24, 2.45) is 5.41 Å². The van der Waals surface area contributed by atoms with E-state index >= 15 is 0 Å². The lowest BCUT2D eigenvalue weighted by Gasteiger charge is -2.33. The van der Waals surface area contributed by atoms with Crippen LogP contribution in [-0.2, 0) is 15.6 Å². The van der Waals surface area contributed by atoms with E-state index in [0.29, 0.717) is 0 Å². The van der Waals surface area contributed by atoms with Crippen LogP contribution >= 0.6 is 0 Å². The van der Waals surface area contributed by atoms with E-state index in [-0.39, 0.29) is 12.5 Å². The molecule has 0 aliphatic carbocycles. The third-order valence-corrected chi connectivity index (χ3v) is 2.94. The Bertz CT molecular complexity index is 356. The first-order chi connectivity index (χ1) is 7.62. The average molecular weight is 216 g/mol. The fraction of sp³-hybridized carbons (Fsp3) is 0.500. The Morgan fingerprint density at radius 3 is 2.50 bits per heavy atom. The zero-order valence-corrected chi connectivity index (χ0v) is 10.3. The maximum absolute atomic E-state index is 5.80. The van der Waals surface area contributed by atoms with Gasteiger partial charge in [0.2, 0.25) is 0 Å². The first-order valence-electron chi connectivity index (χ1n) is 5.93. The highest BCUT2D eigenvalue weighted by molar-refractivity contribution is 6.62. The third-order valence-electron chi connectivity index (χ3n) is 2.94. The lowest BCUT2D eigenvalue weighted by molar-refractivity contribution is 0.0342. The summed E-state index contributed by atoms with van der Waals surface area (Å²) in [5.41, 5.74) is 2.63. The molecule has 4 heteroatoms. The molecule has 2 rings (SSSR count). The number of rotatable bonds is 2. The number of hydrogen-bond donors (Lipinski definition) is 0. The minimum Gasteiger partial charge on any atom is -0.407 e. The van der Waals surface area contributed by atoms with Gasteiger partial charge in [-0.3, -0.25) is 0 Å². The summed E-state index contributed by atoms with van der Waals surface area (Å²) < 4.78 is 11.6. The van der Waals surface area contributed by atoms with Gasteiger partial charge in [0.15, 0.2) is 0 Å². The zero-order chi connectivity index (χ0) is 11.6. The van der Waals surface area contributed by atoms with Crippen LogP contribution in [0.1, 0.15) is 19.4 Å². The van der Waals surface area contributed by atoms with Crippen molar-refractivity contribution in [3.8, 4) is 0 Å². The second-order valence-corrected chi connectivity index (χ2v) is 5.17. The number of benzene rings is 1. The fourth-order valence-corrected chi connectivity index (χ4v) is 1.96. The van der Waals surface area contributed by atoms with Crippen LogP contribution in [0.5, 0.6) is 0 Å². The van der Waals surface area contributed by atoms with E-state index in [1.807, 2.05) is 6.07 Å². The van der Waals surface area contributed by atoms with Crippen molar-refractivity contribution in [2.45, 2.75) is 20.2 Å². The average Bonchev–Trinajstić information content (AvgIpc) is 2.29. The maximum Gasteiger partial charge on any atom is 0.494 e. The van der Waals surface area contributed by atoms with Gasteiger partial charge in [-0.25, -0.2) is 0 Å². The van der Waals surface area contributed by atoms with Crippen molar-refractivity contribution < 1.29 is 9.31 Å². The highest BCUT2D eigenvalue weighted by atomic mass is 16.6. The molecular formula is C12H18B2O2. The van der Waals surface area contributed by atoms with Crippen LogP contribution in [0.4, 0.5) is 0 Å². The summed E-state index contributed by atoms with van der Waals surface area (Å²) in [6.07, 6.45) is 1.02. The van der Waals surface area contributed by atoms with Gasteiger partial charge in [0, 0.05) is 18.6 Å². The van der Waals surface area contributed by atoms with Crippen LogP contribution in [0.3, 0.4) is 0 Å². The van der Waals surface area contributed by atoms with Gasteiger partial charge >= 0.3 is 7.12 Å². The van der Waals surface area contributed by atoms with E-state index in [9.17, 15) is 0 Å². The summed E-state index contributed by atoms with van der Waals surface area (Å²) in [5, 5.41) is 0. The van der Waals surface area contributed by atoms with Crippen molar-refractivity contribution in [2.75, 3.05) is 13.2 Å². The first-order valence-corrected chi connectivity index (χ1v) is 5.93. The third kappa shape index (κ3) is 2.50. The molecule has 1 aromatic carbocycles. The summed E-state index contributed by atoms with van der Waals surface area (Å²) in [7, 11) is 1.98. The predicted molar refractivity (Wildman–Crippen MR) is 69.8 cm³/mol. The summed E-state index contributed by atoms with van der Waals surface area (Å²) in [4.78, 5) is 0. The normalized spacial score (nSPS) is 19.8. The quantitative estimate of drug-likeness (QED) is 0.673. The molecule has 16 heavy (non-hydrogen) atoms. The van der Waals surface area contributed by atoms with E-state index in [1.54, 1.807) is 0 Å². The molecule has 0 saturated carbocycles. The Kier molecular flexibility index (Phi) is 3.41. The molecule has 1 heterocycles. The van der Waals surface area contributed by atoms with Gasteiger partial charge in [-0.2, -0.15) is 0 Å². The molecule has 1 saturated heterocycles. The van der Waals surface area contributed by atoms with Crippen LogP contribution in [0.2, 0.25) is 0 Å². The van der Waals surface area contributed by atoms with Crippen LogP contribution in [0, 0.1) is 5.41 Å². The molecular weight excluding hydrogens is 198 g/mol. The van der Waals surface area contributed by atoms with Crippen molar-refractivity contribution in [1.29, 1.82) is 0 Å². The molecule has 0 amide bonds. The van der Waals surface area contributed by atoms with Gasteiger partial charge in [0.1, 0.15) is 7.85 Å². The molecule has 0 spiro atoms. The van der Waals surface area contributed by atoms with E-state index in [4.69, 9.17) is 9.31 Å². The van der Waals surface area contributed by atoms with E-state index in [1.165, 1.54) is 11.0 Å². The highest BCUT2D eigenvalue weighted by Crippen LogP contribution is 2.21. The summed E-state index contributed by atoms with van der Waals surface area (Å²) >= 11 is 0. The van der Waals surface area contributed by atoms with Crippen LogP contribution in [-0.4, -0.2) is 28.2 Å². The lowest BCUT2D eigenvalue weighted by atomic mass is 9.71. The maximum atomic E-state index is 5.80. The fourth-order valence-electron chi connectivity index (χ4n) is 1.96. The Balaban J connectivity index is 2.14. The van der Waals surface area contributed by atoms with E-state index < -0.39 is 0 Å². The summed E-state index contributed by atoms with van der Waals surface area (Å²) in [5.74, 6) is 0. The van der Waals surface area contributed by atoms with Crippen LogP contribution in [0.25, 0.3) is 0 Å². The summed E-state index contributed by atoms with van der Waals surface area (Å²) in [6, 6.07) is 8.35. The van der Waals surface area contributed by atoms with Gasteiger partial charge in [-0.1, -0.05) is 50.0 Å². The molecule has 1 aromatic rings. The van der Waals surface area contributed by atoms with E-state index in [0.717, 1.165) is 19.5 Å². The molecule has 0 aromatic heterocycles. The minimum atomic E-state index is -0.177. The molecule has 1 aliphatic heterocycles. The zero-order valence-electron chi connectivity index (χ0n) is 10.3. The van der Waals surface area contributed by atoms with Crippen molar-refractivity contribution in [3.63, 3.8) is 0 Å². The van der Waals surface area contributed by atoms with Crippen molar-refractivity contribution >= 4 is 20.4 Å². The van der Waals surface area contributed by atoms with Gasteiger partial charge < -0.3 is 9.31 Å². The standard InChI is InChI=1S/C12H18B2O2/c1-12(2)8-15-14(16-9-12)11-6-4-3-5-10(11)7-13/h3-6H,7-9,13H2,1-2H3. The van der Waals surface area contributed by atoms with E-state index in [2.05, 4.69) is 39.9 Å². The highest BCUT2D eigenvalue weighted by Gasteiger charge is 2.34. The molecule has 0 atom stereocenters. The largest absolute Gasteiger partial charge is 0.494 e.